The number of nitrogens with zero attached hydrogens (tertiary/aromatic N) is 6. The van der Waals surface area contributed by atoms with Crippen LogP contribution in [0.15, 0.2) is 30.9 Å². The summed E-state index contributed by atoms with van der Waals surface area (Å²) in [7, 11) is 0. The van der Waals surface area contributed by atoms with Gasteiger partial charge in [0.2, 0.25) is 5.91 Å². The smallest absolute Gasteiger partial charge is 0.281 e. The van der Waals surface area contributed by atoms with Crippen LogP contribution in [-0.4, -0.2) is 43.3 Å². The molecule has 0 radical (unpaired) electrons. The van der Waals surface area contributed by atoms with Crippen LogP contribution >= 0.6 is 0 Å². The van der Waals surface area contributed by atoms with Crippen molar-refractivity contribution in [2.45, 2.75) is 32.1 Å². The molecule has 0 aliphatic carbocycles. The highest BCUT2D eigenvalue weighted by Gasteiger charge is 2.22. The highest BCUT2D eigenvalue weighted by atomic mass is 19.3. The van der Waals surface area contributed by atoms with Crippen molar-refractivity contribution in [1.29, 1.82) is 0 Å². The van der Waals surface area contributed by atoms with Crippen molar-refractivity contribution < 1.29 is 13.6 Å². The average Bonchev–Trinajstić information content (AvgIpc) is 3.16. The first-order valence-corrected chi connectivity index (χ1v) is 9.49. The van der Waals surface area contributed by atoms with Crippen LogP contribution in [-0.2, 0) is 4.79 Å². The number of aromatic nitrogens is 5. The molecule has 1 atom stereocenters. The van der Waals surface area contributed by atoms with Gasteiger partial charge in [-0.05, 0) is 31.2 Å². The fourth-order valence-electron chi connectivity index (χ4n) is 3.69. The molecule has 0 saturated carbocycles. The Labute approximate surface area is 165 Å². The molecule has 1 aliphatic heterocycles. The summed E-state index contributed by atoms with van der Waals surface area (Å²) in [6, 6.07) is 1.83. The Morgan fingerprint density at radius 1 is 1.28 bits per heavy atom. The van der Waals surface area contributed by atoms with Crippen LogP contribution in [0.2, 0.25) is 0 Å². The molecule has 10 heteroatoms. The quantitative estimate of drug-likeness (QED) is 0.681. The minimum atomic E-state index is -2.67. The number of primary amides is 1. The number of anilines is 1. The van der Waals surface area contributed by atoms with Gasteiger partial charge in [-0.25, -0.2) is 28.7 Å². The summed E-state index contributed by atoms with van der Waals surface area (Å²) in [6.07, 6.45) is 6.31. The van der Waals surface area contributed by atoms with Crippen LogP contribution in [0.3, 0.4) is 0 Å². The normalized spacial score (nSPS) is 17.2. The molecule has 4 rings (SSSR count). The summed E-state index contributed by atoms with van der Waals surface area (Å²) in [5.41, 5.74) is 5.91. The first-order valence-electron chi connectivity index (χ1n) is 9.49. The molecule has 152 valence electrons. The molecular formula is C19H21F2N7O. The monoisotopic (exact) mass is 401 g/mol. The summed E-state index contributed by atoms with van der Waals surface area (Å²) in [5, 5.41) is 0. The summed E-state index contributed by atoms with van der Waals surface area (Å²) >= 11 is 0. The summed E-state index contributed by atoms with van der Waals surface area (Å²) < 4.78 is 27.6. The zero-order valence-electron chi connectivity index (χ0n) is 15.7. The number of fused-ring (bicyclic) bond motifs is 1. The molecule has 0 bridgehead atoms. The second-order valence-electron chi connectivity index (χ2n) is 7.18. The van der Waals surface area contributed by atoms with E-state index in [0.717, 1.165) is 38.2 Å². The van der Waals surface area contributed by atoms with Gasteiger partial charge in [0.05, 0.1) is 12.4 Å². The Kier molecular flexibility index (Phi) is 5.32. The van der Waals surface area contributed by atoms with Gasteiger partial charge in [0.25, 0.3) is 6.43 Å². The maximum atomic E-state index is 13.0. The number of hydrogen-bond acceptors (Lipinski definition) is 6. The van der Waals surface area contributed by atoms with Crippen LogP contribution < -0.4 is 10.6 Å². The zero-order chi connectivity index (χ0) is 20.4. The average molecular weight is 401 g/mol. The van der Waals surface area contributed by atoms with Gasteiger partial charge in [-0.1, -0.05) is 0 Å². The van der Waals surface area contributed by atoms with Crippen LogP contribution in [0.1, 0.15) is 37.8 Å². The van der Waals surface area contributed by atoms with E-state index in [1.165, 1.54) is 16.8 Å². The third-order valence-electron chi connectivity index (χ3n) is 5.15. The number of rotatable bonds is 6. The Morgan fingerprint density at radius 3 is 2.93 bits per heavy atom. The summed E-state index contributed by atoms with van der Waals surface area (Å²) in [4.78, 5) is 30.1. The van der Waals surface area contributed by atoms with Gasteiger partial charge in [-0.3, -0.25) is 9.20 Å². The molecule has 4 heterocycles. The molecule has 1 amide bonds. The van der Waals surface area contributed by atoms with E-state index >= 15 is 0 Å². The predicted molar refractivity (Wildman–Crippen MR) is 102 cm³/mol. The molecule has 0 spiro atoms. The Morgan fingerprint density at radius 2 is 2.14 bits per heavy atom. The van der Waals surface area contributed by atoms with E-state index in [1.54, 1.807) is 12.4 Å². The number of alkyl halides is 2. The van der Waals surface area contributed by atoms with Crippen LogP contribution in [0.4, 0.5) is 14.6 Å². The highest BCUT2D eigenvalue weighted by molar-refractivity contribution is 5.73. The largest absolute Gasteiger partial charge is 0.370 e. The molecule has 29 heavy (non-hydrogen) atoms. The zero-order valence-corrected chi connectivity index (χ0v) is 15.7. The van der Waals surface area contributed by atoms with Crippen LogP contribution in [0.5, 0.6) is 0 Å². The van der Waals surface area contributed by atoms with Gasteiger partial charge in [0, 0.05) is 31.9 Å². The van der Waals surface area contributed by atoms with Gasteiger partial charge in [-0.15, -0.1) is 0 Å². The SMILES string of the molecule is NC(=O)CCC1CCCN(c2ccnc(-c3cnc4cnc(C(F)F)cn34)n2)C1. The third-order valence-corrected chi connectivity index (χ3v) is 5.15. The number of amides is 1. The topological polar surface area (TPSA) is 102 Å². The van der Waals surface area contributed by atoms with Gasteiger partial charge >= 0.3 is 0 Å². The number of carbonyl (C=O) groups excluding carboxylic acids is 1. The lowest BCUT2D eigenvalue weighted by molar-refractivity contribution is -0.118. The number of halogens is 2. The minimum absolute atomic E-state index is 0.281. The van der Waals surface area contributed by atoms with Crippen molar-refractivity contribution in [3.05, 3.63) is 36.5 Å². The van der Waals surface area contributed by atoms with E-state index in [9.17, 15) is 13.6 Å². The molecule has 1 unspecified atom stereocenters. The van der Waals surface area contributed by atoms with Gasteiger partial charge in [0.15, 0.2) is 11.5 Å². The van der Waals surface area contributed by atoms with Crippen molar-refractivity contribution in [3.8, 4) is 11.5 Å². The Hall–Kier alpha value is -3.17. The van der Waals surface area contributed by atoms with Crippen LogP contribution in [0, 0.1) is 5.92 Å². The molecule has 3 aromatic heterocycles. The lowest BCUT2D eigenvalue weighted by Gasteiger charge is -2.33. The first kappa shape index (κ1) is 19.2. The molecular weight excluding hydrogens is 380 g/mol. The fourth-order valence-corrected chi connectivity index (χ4v) is 3.69. The standard InChI is InChI=1S/C19H21F2N7O/c20-18(21)13-11-28-14(8-25-17(28)9-24-13)19-23-6-5-16(26-19)27-7-1-2-12(10-27)3-4-15(22)29/h5-6,8-9,11-12,18H,1-4,7,10H2,(H2,22,29). The molecule has 1 fully saturated rings. The molecule has 0 aromatic carbocycles. The second-order valence-corrected chi connectivity index (χ2v) is 7.18. The number of nitrogens with two attached hydrogens (primary N) is 1. The summed E-state index contributed by atoms with van der Waals surface area (Å²) in [5.74, 6) is 1.26. The van der Waals surface area contributed by atoms with E-state index in [-0.39, 0.29) is 11.6 Å². The van der Waals surface area contributed by atoms with E-state index in [2.05, 4.69) is 24.8 Å². The minimum Gasteiger partial charge on any atom is -0.370 e. The van der Waals surface area contributed by atoms with Crippen molar-refractivity contribution in [2.75, 3.05) is 18.0 Å². The molecule has 8 nitrogen and oxygen atoms in total. The van der Waals surface area contributed by atoms with Crippen molar-refractivity contribution in [1.82, 2.24) is 24.3 Å². The van der Waals surface area contributed by atoms with E-state index < -0.39 is 6.43 Å². The first-order chi connectivity index (χ1) is 14.0. The lowest BCUT2D eigenvalue weighted by Crippen LogP contribution is -2.36. The molecule has 2 N–H and O–H groups in total. The Bertz CT molecular complexity index is 1020. The van der Waals surface area contributed by atoms with Crippen LogP contribution in [0.25, 0.3) is 17.2 Å². The van der Waals surface area contributed by atoms with Crippen molar-refractivity contribution in [3.63, 3.8) is 0 Å². The number of imidazole rings is 1. The molecule has 1 aliphatic rings. The summed E-state index contributed by atoms with van der Waals surface area (Å²) in [6.45, 7) is 1.65. The van der Waals surface area contributed by atoms with Crippen molar-refractivity contribution in [2.24, 2.45) is 11.7 Å². The van der Waals surface area contributed by atoms with Crippen molar-refractivity contribution >= 4 is 17.4 Å². The lowest BCUT2D eigenvalue weighted by atomic mass is 9.93. The van der Waals surface area contributed by atoms with Gasteiger partial charge in [-0.2, -0.15) is 0 Å². The maximum Gasteiger partial charge on any atom is 0.281 e. The van der Waals surface area contributed by atoms with Gasteiger partial charge < -0.3 is 10.6 Å². The van der Waals surface area contributed by atoms with E-state index in [1.807, 2.05) is 6.07 Å². The third kappa shape index (κ3) is 4.15. The Balaban J connectivity index is 1.60. The highest BCUT2D eigenvalue weighted by Crippen LogP contribution is 2.26. The van der Waals surface area contributed by atoms with E-state index in [0.29, 0.717) is 29.5 Å². The molecule has 1 saturated heterocycles. The predicted octanol–water partition coefficient (Wildman–Crippen LogP) is 2.61. The maximum absolute atomic E-state index is 13.0. The second kappa shape index (κ2) is 8.06. The number of hydrogen-bond donors (Lipinski definition) is 1. The number of piperidine rings is 1. The fraction of sp³-hybridized carbons (Fsp3) is 0.421. The molecule has 3 aromatic rings. The number of carbonyl (C=O) groups is 1. The van der Waals surface area contributed by atoms with E-state index in [4.69, 9.17) is 5.73 Å². The van der Waals surface area contributed by atoms with Gasteiger partial charge in [0.1, 0.15) is 17.2 Å².